The molecule has 21 heavy (non-hydrogen) atoms. The Kier molecular flexibility index (Phi) is 2.39. The molecule has 4 nitrogen and oxygen atoms in total. The van der Waals surface area contributed by atoms with E-state index in [9.17, 15) is 4.79 Å². The number of fused-ring (bicyclic) bond motifs is 1. The Hall–Kier alpha value is -2.10. The highest BCUT2D eigenvalue weighted by Gasteiger charge is 2.65. The zero-order valence-corrected chi connectivity index (χ0v) is 12.3. The predicted octanol–water partition coefficient (Wildman–Crippen LogP) is 2.23. The van der Waals surface area contributed by atoms with Crippen LogP contribution >= 0.6 is 0 Å². The first-order chi connectivity index (χ1) is 10.1. The summed E-state index contributed by atoms with van der Waals surface area (Å²) in [4.78, 5) is 16.7. The number of aliphatic imine (C=N–C) groups is 1. The topological polar surface area (TPSA) is 47.9 Å². The van der Waals surface area contributed by atoms with Gasteiger partial charge >= 0.3 is 0 Å². The molecule has 1 heterocycles. The summed E-state index contributed by atoms with van der Waals surface area (Å²) in [6, 6.07) is 3.95. The number of ether oxygens (including phenoxy) is 2. The number of hydrogen-bond donors (Lipinski definition) is 0. The van der Waals surface area contributed by atoms with Crippen LogP contribution in [0.4, 0.5) is 0 Å². The van der Waals surface area contributed by atoms with Crippen molar-refractivity contribution in [3.8, 4) is 11.5 Å². The van der Waals surface area contributed by atoms with Crippen molar-refractivity contribution < 1.29 is 14.3 Å². The molecular formula is C17H17NO3. The molecule has 0 aromatic heterocycles. The zero-order chi connectivity index (χ0) is 14.8. The molecule has 0 amide bonds. The monoisotopic (exact) mass is 283 g/mol. The van der Waals surface area contributed by atoms with Crippen molar-refractivity contribution in [1.82, 2.24) is 0 Å². The first-order valence-electron chi connectivity index (χ1n) is 7.15. The lowest BCUT2D eigenvalue weighted by atomic mass is 9.50. The molecule has 3 atom stereocenters. The standard InChI is InChI=1S/C17H17NO3/c1-9-4-7-13(20-3)15-14(9)17-8-11(18-2)10(17)5-6-12(19)16(17)21-15/h4-7,10,16H,8H2,1-3H3/t10-,16-,17-/m0/s1. The molecular weight excluding hydrogens is 266 g/mol. The van der Waals surface area contributed by atoms with E-state index < -0.39 is 6.10 Å². The largest absolute Gasteiger partial charge is 0.493 e. The fraction of sp³-hybridized carbons (Fsp3) is 0.412. The van der Waals surface area contributed by atoms with Gasteiger partial charge in [0.25, 0.3) is 0 Å². The molecule has 0 bridgehead atoms. The number of carbonyl (C=O) groups excluding carboxylic acids is 1. The second-order valence-corrected chi connectivity index (χ2v) is 5.96. The molecule has 1 fully saturated rings. The second-order valence-electron chi connectivity index (χ2n) is 5.96. The van der Waals surface area contributed by atoms with Crippen LogP contribution in [0.1, 0.15) is 17.5 Å². The van der Waals surface area contributed by atoms with Crippen molar-refractivity contribution in [3.63, 3.8) is 0 Å². The van der Waals surface area contributed by atoms with Gasteiger partial charge in [-0.2, -0.15) is 0 Å². The smallest absolute Gasteiger partial charge is 0.196 e. The number of hydrogen-bond acceptors (Lipinski definition) is 4. The summed E-state index contributed by atoms with van der Waals surface area (Å²) in [5.41, 5.74) is 3.13. The maximum Gasteiger partial charge on any atom is 0.196 e. The van der Waals surface area contributed by atoms with Gasteiger partial charge in [-0.25, -0.2) is 0 Å². The number of benzene rings is 1. The average Bonchev–Trinajstić information content (AvgIpc) is 2.83. The predicted molar refractivity (Wildman–Crippen MR) is 79.4 cm³/mol. The lowest BCUT2D eigenvalue weighted by molar-refractivity contribution is -0.124. The highest BCUT2D eigenvalue weighted by molar-refractivity contribution is 6.08. The summed E-state index contributed by atoms with van der Waals surface area (Å²) in [7, 11) is 3.45. The average molecular weight is 283 g/mol. The minimum absolute atomic E-state index is 0.0408. The Labute approximate surface area is 123 Å². The fourth-order valence-corrected chi connectivity index (χ4v) is 4.15. The number of rotatable bonds is 1. The van der Waals surface area contributed by atoms with Crippen LogP contribution in [-0.4, -0.2) is 31.8 Å². The molecule has 1 aromatic carbocycles. The van der Waals surface area contributed by atoms with Gasteiger partial charge in [-0.1, -0.05) is 12.1 Å². The molecule has 0 saturated heterocycles. The van der Waals surface area contributed by atoms with E-state index in [0.717, 1.165) is 29.0 Å². The summed E-state index contributed by atoms with van der Waals surface area (Å²) in [5.74, 6) is 1.64. The number of ketones is 1. The van der Waals surface area contributed by atoms with Gasteiger partial charge in [0.1, 0.15) is 0 Å². The number of aryl methyl sites for hydroxylation is 1. The Morgan fingerprint density at radius 1 is 1.43 bits per heavy atom. The summed E-state index contributed by atoms with van der Waals surface area (Å²) in [5, 5.41) is 0. The summed E-state index contributed by atoms with van der Waals surface area (Å²) < 4.78 is 11.5. The van der Waals surface area contributed by atoms with Gasteiger partial charge in [-0.3, -0.25) is 9.79 Å². The van der Waals surface area contributed by atoms with Crippen molar-refractivity contribution >= 4 is 11.5 Å². The van der Waals surface area contributed by atoms with Crippen LogP contribution in [0, 0.1) is 12.8 Å². The third kappa shape index (κ3) is 1.30. The molecule has 1 spiro atoms. The Bertz CT molecular complexity index is 719. The van der Waals surface area contributed by atoms with Gasteiger partial charge in [0.05, 0.1) is 12.5 Å². The third-order valence-electron chi connectivity index (χ3n) is 5.11. The van der Waals surface area contributed by atoms with E-state index >= 15 is 0 Å². The zero-order valence-electron chi connectivity index (χ0n) is 12.3. The number of carbonyl (C=O) groups is 1. The minimum atomic E-state index is -0.442. The first kappa shape index (κ1) is 12.6. The SMILES string of the molecule is CN=C1C[C@]23c4c(C)ccc(OC)c4O[C@H]2C(=O)C=C[C@@H]13. The third-order valence-corrected chi connectivity index (χ3v) is 5.11. The molecule has 2 aliphatic carbocycles. The van der Waals surface area contributed by atoms with Gasteiger partial charge in [0.2, 0.25) is 0 Å². The van der Waals surface area contributed by atoms with Gasteiger partial charge in [0, 0.05) is 30.7 Å². The van der Waals surface area contributed by atoms with Crippen LogP contribution in [-0.2, 0) is 10.2 Å². The Morgan fingerprint density at radius 2 is 2.24 bits per heavy atom. The van der Waals surface area contributed by atoms with Crippen LogP contribution in [0.15, 0.2) is 29.3 Å². The maximum absolute atomic E-state index is 12.3. The lowest BCUT2D eigenvalue weighted by Gasteiger charge is -2.50. The molecule has 4 rings (SSSR count). The fourth-order valence-electron chi connectivity index (χ4n) is 4.15. The van der Waals surface area contributed by atoms with Gasteiger partial charge in [0.15, 0.2) is 23.4 Å². The van der Waals surface area contributed by atoms with E-state index in [0.29, 0.717) is 5.75 Å². The van der Waals surface area contributed by atoms with Crippen LogP contribution in [0.2, 0.25) is 0 Å². The minimum Gasteiger partial charge on any atom is -0.493 e. The molecule has 0 N–H and O–H groups in total. The van der Waals surface area contributed by atoms with Gasteiger partial charge in [-0.15, -0.1) is 0 Å². The van der Waals surface area contributed by atoms with E-state index in [2.05, 4.69) is 11.9 Å². The normalized spacial score (nSPS) is 33.9. The molecule has 0 unspecified atom stereocenters. The summed E-state index contributed by atoms with van der Waals surface area (Å²) in [6.45, 7) is 2.07. The first-order valence-corrected chi connectivity index (χ1v) is 7.15. The van der Waals surface area contributed by atoms with Crippen LogP contribution in [0.25, 0.3) is 0 Å². The van der Waals surface area contributed by atoms with E-state index in [1.54, 1.807) is 13.2 Å². The molecule has 3 aliphatic rings. The number of nitrogens with zero attached hydrogens (tertiary/aromatic N) is 1. The molecule has 4 heteroatoms. The lowest BCUT2D eigenvalue weighted by Crippen LogP contribution is -2.61. The molecule has 1 aliphatic heterocycles. The summed E-state index contributed by atoms with van der Waals surface area (Å²) >= 11 is 0. The van der Waals surface area contributed by atoms with Crippen molar-refractivity contribution in [3.05, 3.63) is 35.4 Å². The Balaban J connectivity index is 1.98. The van der Waals surface area contributed by atoms with Crippen LogP contribution < -0.4 is 9.47 Å². The number of allylic oxidation sites excluding steroid dienone is 1. The van der Waals surface area contributed by atoms with Crippen molar-refractivity contribution in [2.45, 2.75) is 24.9 Å². The van der Waals surface area contributed by atoms with E-state index in [-0.39, 0.29) is 17.1 Å². The van der Waals surface area contributed by atoms with Crippen LogP contribution in [0.5, 0.6) is 11.5 Å². The van der Waals surface area contributed by atoms with Crippen molar-refractivity contribution in [2.75, 3.05) is 14.2 Å². The maximum atomic E-state index is 12.3. The number of methoxy groups -OCH3 is 1. The van der Waals surface area contributed by atoms with E-state index in [1.165, 1.54) is 0 Å². The second kappa shape index (κ2) is 3.97. The van der Waals surface area contributed by atoms with Gasteiger partial charge in [-0.05, 0) is 24.6 Å². The van der Waals surface area contributed by atoms with E-state index in [4.69, 9.17) is 9.47 Å². The molecule has 1 aromatic rings. The Morgan fingerprint density at radius 3 is 2.95 bits per heavy atom. The summed E-state index contributed by atoms with van der Waals surface area (Å²) in [6.07, 6.45) is 3.98. The van der Waals surface area contributed by atoms with Crippen molar-refractivity contribution in [2.24, 2.45) is 10.9 Å². The highest BCUT2D eigenvalue weighted by Crippen LogP contribution is 2.61. The molecule has 0 radical (unpaired) electrons. The van der Waals surface area contributed by atoms with E-state index in [1.807, 2.05) is 25.3 Å². The highest BCUT2D eigenvalue weighted by atomic mass is 16.5. The molecule has 1 saturated carbocycles. The van der Waals surface area contributed by atoms with Crippen molar-refractivity contribution in [1.29, 1.82) is 0 Å². The molecule has 108 valence electrons. The van der Waals surface area contributed by atoms with Crippen LogP contribution in [0.3, 0.4) is 0 Å². The quantitative estimate of drug-likeness (QED) is 0.794. The van der Waals surface area contributed by atoms with Gasteiger partial charge < -0.3 is 9.47 Å².